The Balaban J connectivity index is 1.63. The highest BCUT2D eigenvalue weighted by Gasteiger charge is 2.20. The maximum atomic E-state index is 13.0. The predicted molar refractivity (Wildman–Crippen MR) is 115 cm³/mol. The van der Waals surface area contributed by atoms with E-state index in [-0.39, 0.29) is 18.0 Å². The molecule has 1 aliphatic carbocycles. The van der Waals surface area contributed by atoms with Gasteiger partial charge in [0, 0.05) is 46.5 Å². The molecule has 28 heavy (non-hydrogen) atoms. The first-order valence-electron chi connectivity index (χ1n) is 10.0. The van der Waals surface area contributed by atoms with E-state index in [9.17, 15) is 9.59 Å². The van der Waals surface area contributed by atoms with Crippen molar-refractivity contribution in [1.82, 2.24) is 14.9 Å². The van der Waals surface area contributed by atoms with Gasteiger partial charge < -0.3 is 14.9 Å². The molecule has 0 radical (unpaired) electrons. The number of carbonyl (C=O) groups excluding carboxylic acids is 1. The van der Waals surface area contributed by atoms with Gasteiger partial charge in [0.1, 0.15) is 7.85 Å². The van der Waals surface area contributed by atoms with Crippen molar-refractivity contribution >= 4 is 30.1 Å². The molecule has 0 atom stereocenters. The third kappa shape index (κ3) is 3.39. The Kier molecular flexibility index (Phi) is 4.88. The number of aryl methyl sites for hydroxylation is 2. The van der Waals surface area contributed by atoms with Gasteiger partial charge in [-0.2, -0.15) is 0 Å². The molecular formula is C22H26BN3O2. The van der Waals surface area contributed by atoms with Gasteiger partial charge in [-0.25, -0.2) is 0 Å². The van der Waals surface area contributed by atoms with Crippen LogP contribution < -0.4 is 16.3 Å². The van der Waals surface area contributed by atoms with E-state index < -0.39 is 0 Å². The summed E-state index contributed by atoms with van der Waals surface area (Å²) >= 11 is 0. The molecule has 6 heteroatoms. The monoisotopic (exact) mass is 375 g/mol. The summed E-state index contributed by atoms with van der Waals surface area (Å²) in [7, 11) is 2.02. The van der Waals surface area contributed by atoms with Crippen LogP contribution in [0, 0.1) is 13.8 Å². The van der Waals surface area contributed by atoms with Crippen LogP contribution in [-0.2, 0) is 6.54 Å². The van der Waals surface area contributed by atoms with Gasteiger partial charge in [0.05, 0.1) is 0 Å². The molecular weight excluding hydrogens is 349 g/mol. The number of fused-ring (bicyclic) bond motifs is 1. The molecule has 1 fully saturated rings. The highest BCUT2D eigenvalue weighted by Crippen LogP contribution is 2.33. The fraction of sp³-hybridized carbons (Fsp3) is 0.364. The number of aromatic amines is 1. The van der Waals surface area contributed by atoms with E-state index in [4.69, 9.17) is 0 Å². The zero-order valence-electron chi connectivity index (χ0n) is 16.8. The van der Waals surface area contributed by atoms with Gasteiger partial charge >= 0.3 is 0 Å². The lowest BCUT2D eigenvalue weighted by molar-refractivity contribution is 0.0952. The Morgan fingerprint density at radius 1 is 1.25 bits per heavy atom. The Labute approximate surface area is 165 Å². The summed E-state index contributed by atoms with van der Waals surface area (Å²) < 4.78 is 2.33. The topological polar surface area (TPSA) is 66.9 Å². The maximum absolute atomic E-state index is 13.0. The van der Waals surface area contributed by atoms with Crippen molar-refractivity contribution in [3.63, 3.8) is 0 Å². The van der Waals surface area contributed by atoms with Crippen LogP contribution in [0.5, 0.6) is 0 Å². The lowest BCUT2D eigenvalue weighted by Gasteiger charge is -2.15. The molecule has 3 aromatic rings. The van der Waals surface area contributed by atoms with Crippen molar-refractivity contribution in [3.05, 3.63) is 63.2 Å². The van der Waals surface area contributed by atoms with Gasteiger partial charge in [-0.05, 0) is 50.5 Å². The number of aromatic nitrogens is 2. The molecule has 2 heterocycles. The van der Waals surface area contributed by atoms with Crippen LogP contribution >= 0.6 is 0 Å². The molecule has 1 saturated carbocycles. The van der Waals surface area contributed by atoms with Crippen LogP contribution in [0.25, 0.3) is 10.9 Å². The fourth-order valence-corrected chi connectivity index (χ4v) is 4.46. The lowest BCUT2D eigenvalue weighted by atomic mass is 9.92. The molecule has 4 rings (SSSR count). The summed E-state index contributed by atoms with van der Waals surface area (Å²) in [5.74, 6) is -0.141. The number of carbonyl (C=O) groups is 1. The minimum Gasteiger partial charge on any atom is -0.348 e. The van der Waals surface area contributed by atoms with E-state index in [1.54, 1.807) is 0 Å². The van der Waals surface area contributed by atoms with E-state index in [0.29, 0.717) is 17.2 Å². The minimum absolute atomic E-state index is 0.139. The average Bonchev–Trinajstić information content (AvgIpc) is 3.28. The molecule has 0 bridgehead atoms. The molecule has 144 valence electrons. The zero-order chi connectivity index (χ0) is 19.8. The number of amides is 1. The van der Waals surface area contributed by atoms with Gasteiger partial charge in [-0.1, -0.05) is 24.4 Å². The van der Waals surface area contributed by atoms with Crippen LogP contribution in [-0.4, -0.2) is 23.3 Å². The molecule has 1 aliphatic rings. The third-order valence-electron chi connectivity index (χ3n) is 5.86. The summed E-state index contributed by atoms with van der Waals surface area (Å²) in [4.78, 5) is 28.0. The van der Waals surface area contributed by atoms with Crippen molar-refractivity contribution in [2.24, 2.45) is 0 Å². The number of H-pyrrole nitrogens is 1. The number of pyridine rings is 1. The Morgan fingerprint density at radius 3 is 2.71 bits per heavy atom. The number of nitrogens with zero attached hydrogens (tertiary/aromatic N) is 1. The minimum atomic E-state index is -0.141. The highest BCUT2D eigenvalue weighted by molar-refractivity contribution is 6.34. The molecule has 0 saturated heterocycles. The second-order valence-electron chi connectivity index (χ2n) is 8.03. The van der Waals surface area contributed by atoms with Gasteiger partial charge in [0.25, 0.3) is 11.5 Å². The highest BCUT2D eigenvalue weighted by atomic mass is 16.1. The molecule has 2 N–H and O–H groups in total. The first-order chi connectivity index (χ1) is 13.4. The largest absolute Gasteiger partial charge is 0.348 e. The molecule has 1 amide bonds. The van der Waals surface area contributed by atoms with Gasteiger partial charge in [-0.3, -0.25) is 9.59 Å². The second kappa shape index (κ2) is 7.34. The second-order valence-corrected chi connectivity index (χ2v) is 8.03. The SMILES string of the molecule is Bc1cc(C(=O)NCc2c(C)cc(C)[nH]c2=O)c2ccn(C3CCCC3)c2c1. The normalized spacial score (nSPS) is 14.6. The van der Waals surface area contributed by atoms with Crippen LogP contribution in [0.3, 0.4) is 0 Å². The van der Waals surface area contributed by atoms with E-state index >= 15 is 0 Å². The molecule has 0 unspecified atom stereocenters. The number of rotatable bonds is 4. The molecule has 0 aliphatic heterocycles. The Bertz CT molecular complexity index is 1110. The summed E-state index contributed by atoms with van der Waals surface area (Å²) in [5.41, 5.74) is 5.05. The molecule has 1 aromatic carbocycles. The van der Waals surface area contributed by atoms with Crippen molar-refractivity contribution < 1.29 is 4.79 Å². The fourth-order valence-electron chi connectivity index (χ4n) is 4.46. The van der Waals surface area contributed by atoms with Gasteiger partial charge in [0.2, 0.25) is 0 Å². The zero-order valence-corrected chi connectivity index (χ0v) is 16.8. The standard InChI is InChI=1S/C22H26BN3O2/c1-13-9-14(2)25-22(28)19(13)12-24-21(27)18-10-15(23)11-20-17(18)7-8-26(20)16-5-3-4-6-16/h7-11,16H,3-6,12,23H2,1-2H3,(H,24,27)(H,25,28). The average molecular weight is 375 g/mol. The summed E-state index contributed by atoms with van der Waals surface area (Å²) in [6.07, 6.45) is 7.07. The van der Waals surface area contributed by atoms with E-state index in [2.05, 4.69) is 27.1 Å². The lowest BCUT2D eigenvalue weighted by Crippen LogP contribution is -2.28. The number of hydrogen-bond donors (Lipinski definition) is 2. The first kappa shape index (κ1) is 18.6. The quantitative estimate of drug-likeness (QED) is 0.687. The third-order valence-corrected chi connectivity index (χ3v) is 5.86. The smallest absolute Gasteiger partial charge is 0.253 e. The van der Waals surface area contributed by atoms with Crippen LogP contribution in [0.15, 0.2) is 35.3 Å². The Morgan fingerprint density at radius 2 is 2.00 bits per heavy atom. The maximum Gasteiger partial charge on any atom is 0.253 e. The predicted octanol–water partition coefficient (Wildman–Crippen LogP) is 2.25. The van der Waals surface area contributed by atoms with Crippen molar-refractivity contribution in [1.29, 1.82) is 0 Å². The van der Waals surface area contributed by atoms with E-state index in [1.807, 2.05) is 39.9 Å². The summed E-state index contributed by atoms with van der Waals surface area (Å²) in [6, 6.07) is 8.60. The van der Waals surface area contributed by atoms with E-state index in [0.717, 1.165) is 27.6 Å². The number of benzene rings is 1. The van der Waals surface area contributed by atoms with E-state index in [1.165, 1.54) is 25.7 Å². The van der Waals surface area contributed by atoms with Crippen molar-refractivity contribution in [2.75, 3.05) is 0 Å². The van der Waals surface area contributed by atoms with Crippen molar-refractivity contribution in [3.8, 4) is 0 Å². The Hall–Kier alpha value is -2.76. The first-order valence-corrected chi connectivity index (χ1v) is 10.0. The van der Waals surface area contributed by atoms with Gasteiger partial charge in [0.15, 0.2) is 0 Å². The molecule has 5 nitrogen and oxygen atoms in total. The van der Waals surface area contributed by atoms with Crippen molar-refractivity contribution in [2.45, 2.75) is 52.1 Å². The number of hydrogen-bond acceptors (Lipinski definition) is 2. The molecule has 0 spiro atoms. The molecule has 2 aromatic heterocycles. The van der Waals surface area contributed by atoms with Crippen LogP contribution in [0.2, 0.25) is 0 Å². The van der Waals surface area contributed by atoms with Crippen LogP contribution in [0.1, 0.15) is 58.9 Å². The van der Waals surface area contributed by atoms with Gasteiger partial charge in [-0.15, -0.1) is 0 Å². The number of nitrogens with one attached hydrogen (secondary N) is 2. The van der Waals surface area contributed by atoms with Crippen LogP contribution in [0.4, 0.5) is 0 Å². The summed E-state index contributed by atoms with van der Waals surface area (Å²) in [6.45, 7) is 3.98. The summed E-state index contributed by atoms with van der Waals surface area (Å²) in [5, 5.41) is 3.92.